The maximum Gasteiger partial charge on any atom is 0.180 e. The first kappa shape index (κ1) is 20.3. The van der Waals surface area contributed by atoms with Crippen LogP contribution in [-0.2, 0) is 16.9 Å². The first-order valence-corrected chi connectivity index (χ1v) is 9.25. The van der Waals surface area contributed by atoms with Crippen LogP contribution < -0.4 is 15.2 Å². The number of nitrogens with two attached hydrogens (primary N) is 1. The molecule has 0 amide bonds. The number of anilines is 1. The molecule has 5 N–H and O–H groups in total. The number of aliphatic hydroxyl groups excluding tert-OH is 3. The smallest absolute Gasteiger partial charge is 0.180 e. The molecule has 4 atom stereocenters. The van der Waals surface area contributed by atoms with E-state index in [4.69, 9.17) is 19.9 Å². The van der Waals surface area contributed by atoms with Crippen molar-refractivity contribution in [2.75, 3.05) is 26.6 Å². The van der Waals surface area contributed by atoms with E-state index in [2.05, 4.69) is 15.0 Å². The summed E-state index contributed by atoms with van der Waals surface area (Å²) in [5.41, 5.74) is 5.77. The Hall–Kier alpha value is -2.99. The molecule has 160 valence electrons. The molecule has 0 saturated carbocycles. The van der Waals surface area contributed by atoms with Gasteiger partial charge in [-0.05, 0) is 17.7 Å². The van der Waals surface area contributed by atoms with Crippen LogP contribution in [0.15, 0.2) is 30.9 Å². The molecule has 2 aromatic heterocycles. The summed E-state index contributed by atoms with van der Waals surface area (Å²) in [7, 11) is 3.06. The first-order valence-electron chi connectivity index (χ1n) is 9.25. The van der Waals surface area contributed by atoms with E-state index in [1.165, 1.54) is 31.4 Å². The van der Waals surface area contributed by atoms with Crippen molar-refractivity contribution in [2.45, 2.75) is 30.5 Å². The second kappa shape index (κ2) is 7.69. The molecule has 0 spiro atoms. The summed E-state index contributed by atoms with van der Waals surface area (Å²) in [4.78, 5) is 12.4. The topological polar surface area (TPSA) is 158 Å². The molecule has 1 fully saturated rings. The molecule has 1 aliphatic heterocycles. The number of nitrogens with zero attached hydrogens (tertiary/aromatic N) is 4. The van der Waals surface area contributed by atoms with Crippen molar-refractivity contribution in [1.82, 2.24) is 19.5 Å². The van der Waals surface area contributed by atoms with Gasteiger partial charge in [-0.25, -0.2) is 15.0 Å². The van der Waals surface area contributed by atoms with Crippen LogP contribution in [0.25, 0.3) is 11.2 Å². The Balaban J connectivity index is 1.86. The van der Waals surface area contributed by atoms with Crippen molar-refractivity contribution < 1.29 is 29.5 Å². The Bertz CT molecular complexity index is 1060. The molecule has 3 heterocycles. The third kappa shape index (κ3) is 3.03. The highest BCUT2D eigenvalue weighted by Crippen LogP contribution is 2.41. The number of imidazole rings is 1. The van der Waals surface area contributed by atoms with Crippen LogP contribution in [0.4, 0.5) is 5.82 Å². The molecule has 4 rings (SSSR count). The number of ether oxygens (including phenoxy) is 3. The fourth-order valence-corrected chi connectivity index (χ4v) is 3.86. The summed E-state index contributed by atoms with van der Waals surface area (Å²) in [6, 6.07) is 5.27. The van der Waals surface area contributed by atoms with E-state index in [-0.39, 0.29) is 12.2 Å². The lowest BCUT2D eigenvalue weighted by molar-refractivity contribution is -0.145. The Morgan fingerprint density at radius 2 is 1.93 bits per heavy atom. The SMILES string of the molecule is COc1ccc(C[C@@]2(n3cnc4c(N)ncnc43)O[C@H](CO)[C@@H](O)[C@H]2O)cc1OC. The Morgan fingerprint density at radius 1 is 1.17 bits per heavy atom. The third-order valence-electron chi connectivity index (χ3n) is 5.38. The van der Waals surface area contributed by atoms with Gasteiger partial charge in [0.25, 0.3) is 0 Å². The molecule has 0 unspecified atom stereocenters. The van der Waals surface area contributed by atoms with E-state index < -0.39 is 30.6 Å². The number of hydrogen-bond donors (Lipinski definition) is 4. The van der Waals surface area contributed by atoms with Crippen LogP contribution in [0.2, 0.25) is 0 Å². The van der Waals surface area contributed by atoms with Gasteiger partial charge >= 0.3 is 0 Å². The van der Waals surface area contributed by atoms with Crippen LogP contribution in [0.1, 0.15) is 5.56 Å². The molecule has 0 bridgehead atoms. The van der Waals surface area contributed by atoms with Crippen LogP contribution in [0, 0.1) is 0 Å². The molecule has 1 aliphatic rings. The molecule has 0 radical (unpaired) electrons. The van der Waals surface area contributed by atoms with E-state index in [1.807, 2.05) is 0 Å². The van der Waals surface area contributed by atoms with Crippen molar-refractivity contribution in [1.29, 1.82) is 0 Å². The van der Waals surface area contributed by atoms with Gasteiger partial charge in [0.2, 0.25) is 0 Å². The Morgan fingerprint density at radius 3 is 2.60 bits per heavy atom. The second-order valence-corrected chi connectivity index (χ2v) is 7.03. The van der Waals surface area contributed by atoms with E-state index >= 15 is 0 Å². The van der Waals surface area contributed by atoms with Gasteiger partial charge in [-0.1, -0.05) is 6.07 Å². The summed E-state index contributed by atoms with van der Waals surface area (Å²) in [5, 5.41) is 31.2. The lowest BCUT2D eigenvalue weighted by Gasteiger charge is -2.34. The number of aliphatic hydroxyl groups is 3. The molecule has 1 saturated heterocycles. The Labute approximate surface area is 171 Å². The summed E-state index contributed by atoms with van der Waals surface area (Å²) in [6.45, 7) is -0.477. The highest BCUT2D eigenvalue weighted by Gasteiger charge is 2.56. The average molecular weight is 417 g/mol. The van der Waals surface area contributed by atoms with Gasteiger partial charge in [0.15, 0.2) is 28.7 Å². The summed E-state index contributed by atoms with van der Waals surface area (Å²) < 4.78 is 18.2. The number of rotatable bonds is 6. The fraction of sp³-hybridized carbons (Fsp3) is 0.421. The molecular weight excluding hydrogens is 394 g/mol. The summed E-state index contributed by atoms with van der Waals surface area (Å²) in [5.74, 6) is 1.22. The molecule has 1 aromatic carbocycles. The zero-order valence-corrected chi connectivity index (χ0v) is 16.5. The number of hydrogen-bond acceptors (Lipinski definition) is 10. The van der Waals surface area contributed by atoms with Gasteiger partial charge < -0.3 is 35.3 Å². The van der Waals surface area contributed by atoms with Crippen molar-refractivity contribution in [3.63, 3.8) is 0 Å². The predicted molar refractivity (Wildman–Crippen MR) is 105 cm³/mol. The summed E-state index contributed by atoms with van der Waals surface area (Å²) in [6.07, 6.45) is -0.912. The van der Waals surface area contributed by atoms with E-state index in [1.54, 1.807) is 18.2 Å². The molecule has 11 heteroatoms. The van der Waals surface area contributed by atoms with Crippen LogP contribution in [-0.4, -0.2) is 74.0 Å². The second-order valence-electron chi connectivity index (χ2n) is 7.03. The van der Waals surface area contributed by atoms with Gasteiger partial charge in [-0.2, -0.15) is 0 Å². The van der Waals surface area contributed by atoms with Crippen molar-refractivity contribution in [2.24, 2.45) is 0 Å². The maximum absolute atomic E-state index is 11.0. The molecule has 30 heavy (non-hydrogen) atoms. The van der Waals surface area contributed by atoms with Crippen molar-refractivity contribution in [3.8, 4) is 11.5 Å². The molecular formula is C19H23N5O6. The van der Waals surface area contributed by atoms with E-state index in [0.29, 0.717) is 22.7 Å². The van der Waals surface area contributed by atoms with Crippen molar-refractivity contribution >= 4 is 17.0 Å². The summed E-state index contributed by atoms with van der Waals surface area (Å²) >= 11 is 0. The van der Waals surface area contributed by atoms with E-state index in [9.17, 15) is 15.3 Å². The minimum atomic E-state index is -1.51. The van der Waals surface area contributed by atoms with Crippen LogP contribution >= 0.6 is 0 Å². The minimum absolute atomic E-state index is 0.109. The normalized spacial score (nSPS) is 26.2. The van der Waals surface area contributed by atoms with E-state index in [0.717, 1.165) is 5.56 Å². The van der Waals surface area contributed by atoms with Crippen LogP contribution in [0.5, 0.6) is 11.5 Å². The zero-order valence-electron chi connectivity index (χ0n) is 16.5. The first-order chi connectivity index (χ1) is 14.4. The predicted octanol–water partition coefficient (Wildman–Crippen LogP) is -0.566. The standard InChI is InChI=1S/C19H23N5O6/c1-28-11-4-3-10(5-12(11)29-2)6-19(16(27)15(26)13(7-25)30-19)24-9-23-14-17(20)21-8-22-18(14)24/h3-5,8-9,13,15-16,25-27H,6-7H2,1-2H3,(H2,20,21,22)/t13-,15-,16-,19-/m1/s1. The number of nitrogen functional groups attached to an aromatic ring is 1. The zero-order chi connectivity index (χ0) is 21.5. The third-order valence-corrected chi connectivity index (χ3v) is 5.38. The highest BCUT2D eigenvalue weighted by molar-refractivity contribution is 5.81. The largest absolute Gasteiger partial charge is 0.493 e. The monoisotopic (exact) mass is 417 g/mol. The van der Waals surface area contributed by atoms with Gasteiger partial charge in [0.1, 0.15) is 30.2 Å². The lowest BCUT2D eigenvalue weighted by Crippen LogP contribution is -2.47. The maximum atomic E-state index is 11.0. The molecule has 3 aromatic rings. The number of aromatic nitrogens is 4. The molecule has 0 aliphatic carbocycles. The van der Waals surface area contributed by atoms with Gasteiger partial charge in [0.05, 0.1) is 27.2 Å². The van der Waals surface area contributed by atoms with Crippen molar-refractivity contribution in [3.05, 3.63) is 36.4 Å². The fourth-order valence-electron chi connectivity index (χ4n) is 3.86. The van der Waals surface area contributed by atoms with Crippen LogP contribution in [0.3, 0.4) is 0 Å². The minimum Gasteiger partial charge on any atom is -0.493 e. The molecule has 11 nitrogen and oxygen atoms in total. The van der Waals surface area contributed by atoms with Gasteiger partial charge in [-0.3, -0.25) is 4.57 Å². The number of fused-ring (bicyclic) bond motifs is 1. The van der Waals surface area contributed by atoms with Gasteiger partial charge in [0, 0.05) is 6.42 Å². The quantitative estimate of drug-likeness (QED) is 0.409. The average Bonchev–Trinajstić information content (AvgIpc) is 3.30. The Kier molecular flexibility index (Phi) is 5.20. The number of methoxy groups -OCH3 is 2. The highest BCUT2D eigenvalue weighted by atomic mass is 16.6. The number of benzene rings is 1. The van der Waals surface area contributed by atoms with Gasteiger partial charge in [-0.15, -0.1) is 0 Å². The lowest BCUT2D eigenvalue weighted by atomic mass is 9.94.